The molecular weight excluding hydrogens is 191 g/mol. The minimum absolute atomic E-state index is 0. The fraction of sp³-hybridized carbons (Fsp3) is 0. The van der Waals surface area contributed by atoms with Crippen LogP contribution < -0.4 is 68.4 Å². The predicted molar refractivity (Wildman–Crippen MR) is 32.3 cm³/mol. The molecule has 0 aliphatic rings. The zero-order valence-corrected chi connectivity index (χ0v) is 9.40. The van der Waals surface area contributed by atoms with Gasteiger partial charge < -0.3 is 20.9 Å². The molecule has 0 saturated heterocycles. The molecule has 0 aromatic carbocycles. The number of anilines is 1. The Morgan fingerprint density at radius 2 is 2.00 bits per heavy atom. The van der Waals surface area contributed by atoms with Gasteiger partial charge in [0.25, 0.3) is 0 Å². The van der Waals surface area contributed by atoms with E-state index >= 15 is 0 Å². The Morgan fingerprint density at radius 3 is 2.50 bits per heavy atom. The second-order valence-electron chi connectivity index (χ2n) is 1.72. The number of nitrogens with zero attached hydrogens (tertiary/aromatic N) is 3. The number of nitrogen functional groups attached to an aromatic ring is 1. The normalized spacial score (nSPS) is 9.00. The van der Waals surface area contributed by atoms with Crippen molar-refractivity contribution >= 4 is 5.95 Å². The average Bonchev–Trinajstić information content (AvgIpc) is 1.97. The molecule has 0 radical (unpaired) electrons. The second kappa shape index (κ2) is 4.05. The van der Waals surface area contributed by atoms with Gasteiger partial charge in [0, 0.05) is 0 Å². The van der Waals surface area contributed by atoms with E-state index < -0.39 is 17.2 Å². The summed E-state index contributed by atoms with van der Waals surface area (Å²) in [7, 11) is 0. The molecule has 1 heterocycles. The fourth-order valence-electron chi connectivity index (χ4n) is 0.496. The SMILES string of the molecule is N=c1nc(N)n(O)c(=N)n1[O-].[K+]. The molecule has 9 heteroatoms. The van der Waals surface area contributed by atoms with Crippen LogP contribution in [0, 0.1) is 16.0 Å². The topological polar surface area (TPSA) is 140 Å². The van der Waals surface area contributed by atoms with Gasteiger partial charge in [-0.15, -0.1) is 4.73 Å². The van der Waals surface area contributed by atoms with Gasteiger partial charge in [-0.1, -0.05) is 0 Å². The van der Waals surface area contributed by atoms with Crippen LogP contribution in [0.25, 0.3) is 0 Å². The average molecular weight is 196 g/mol. The van der Waals surface area contributed by atoms with Crippen molar-refractivity contribution in [2.24, 2.45) is 0 Å². The van der Waals surface area contributed by atoms with Gasteiger partial charge in [0.15, 0.2) is 0 Å². The molecule has 0 aliphatic heterocycles. The van der Waals surface area contributed by atoms with E-state index in [1.54, 1.807) is 0 Å². The Morgan fingerprint density at radius 1 is 1.50 bits per heavy atom. The van der Waals surface area contributed by atoms with Crippen LogP contribution in [0.4, 0.5) is 5.95 Å². The maximum atomic E-state index is 10.6. The Kier molecular flexibility index (Phi) is 3.93. The van der Waals surface area contributed by atoms with Crippen molar-refractivity contribution in [1.82, 2.24) is 14.4 Å². The van der Waals surface area contributed by atoms with Crippen LogP contribution in [0.5, 0.6) is 0 Å². The first-order chi connectivity index (χ1) is 5.04. The van der Waals surface area contributed by atoms with Crippen LogP contribution in [-0.2, 0) is 0 Å². The number of hydrogen-bond donors (Lipinski definition) is 4. The second-order valence-corrected chi connectivity index (χ2v) is 1.72. The zero-order chi connectivity index (χ0) is 8.59. The number of hydrogen-bond acceptors (Lipinski definition) is 6. The van der Waals surface area contributed by atoms with Crippen molar-refractivity contribution in [3.8, 4) is 0 Å². The van der Waals surface area contributed by atoms with Crippen molar-refractivity contribution in [3.05, 3.63) is 16.4 Å². The smallest absolute Gasteiger partial charge is 0.801 e. The van der Waals surface area contributed by atoms with E-state index in [2.05, 4.69) is 4.98 Å². The van der Waals surface area contributed by atoms with Crippen LogP contribution in [0.1, 0.15) is 0 Å². The predicted octanol–water partition coefficient (Wildman–Crippen LogP) is -5.19. The van der Waals surface area contributed by atoms with Crippen LogP contribution >= 0.6 is 0 Å². The molecular formula is C3H5KN6O2. The molecule has 1 rings (SSSR count). The van der Waals surface area contributed by atoms with Crippen molar-refractivity contribution in [2.45, 2.75) is 0 Å². The summed E-state index contributed by atoms with van der Waals surface area (Å²) in [4.78, 5) is 3.12. The maximum absolute atomic E-state index is 10.6. The van der Waals surface area contributed by atoms with Crippen LogP contribution in [-0.4, -0.2) is 19.7 Å². The summed E-state index contributed by atoms with van der Waals surface area (Å²) < 4.78 is -0.0819. The quantitative estimate of drug-likeness (QED) is 0.243. The summed E-state index contributed by atoms with van der Waals surface area (Å²) >= 11 is 0. The van der Waals surface area contributed by atoms with Crippen molar-refractivity contribution < 1.29 is 56.6 Å². The van der Waals surface area contributed by atoms with E-state index in [1.165, 1.54) is 0 Å². The molecule has 0 bridgehead atoms. The van der Waals surface area contributed by atoms with Crippen molar-refractivity contribution in [2.75, 3.05) is 5.73 Å². The molecule has 0 aliphatic carbocycles. The summed E-state index contributed by atoms with van der Waals surface area (Å²) in [6.45, 7) is 0. The Bertz CT molecular complexity index is 393. The van der Waals surface area contributed by atoms with Crippen LogP contribution in [0.2, 0.25) is 0 Å². The first kappa shape index (κ1) is 11.6. The third kappa shape index (κ3) is 1.87. The molecule has 0 unspecified atom stereocenters. The van der Waals surface area contributed by atoms with Gasteiger partial charge in [-0.25, -0.2) is 0 Å². The molecule has 8 nitrogen and oxygen atoms in total. The minimum atomic E-state index is -0.845. The van der Waals surface area contributed by atoms with Gasteiger partial charge in [0.05, 0.1) is 0 Å². The molecule has 12 heavy (non-hydrogen) atoms. The van der Waals surface area contributed by atoms with Crippen molar-refractivity contribution in [1.29, 1.82) is 10.8 Å². The van der Waals surface area contributed by atoms with E-state index in [9.17, 15) is 5.21 Å². The summed E-state index contributed by atoms with van der Waals surface area (Å²) in [6, 6.07) is 0. The monoisotopic (exact) mass is 196 g/mol. The summed E-state index contributed by atoms with van der Waals surface area (Å²) in [5.74, 6) is -0.466. The molecule has 0 saturated carbocycles. The van der Waals surface area contributed by atoms with Gasteiger partial charge in [-0.2, -0.15) is 4.98 Å². The van der Waals surface area contributed by atoms with Crippen LogP contribution in [0.15, 0.2) is 0 Å². The fourth-order valence-corrected chi connectivity index (χ4v) is 0.496. The molecule has 0 fully saturated rings. The Balaban J connectivity index is 0.00000121. The summed E-state index contributed by atoms with van der Waals surface area (Å²) in [5, 5.41) is 33.0. The van der Waals surface area contributed by atoms with Crippen molar-refractivity contribution in [3.63, 3.8) is 0 Å². The van der Waals surface area contributed by atoms with Gasteiger partial charge in [-0.05, 0) is 0 Å². The molecule has 0 spiro atoms. The van der Waals surface area contributed by atoms with E-state index in [4.69, 9.17) is 21.8 Å². The van der Waals surface area contributed by atoms with Gasteiger partial charge in [0.1, 0.15) is 0 Å². The first-order valence-electron chi connectivity index (χ1n) is 2.51. The summed E-state index contributed by atoms with van der Waals surface area (Å²) in [6.07, 6.45) is 0. The van der Waals surface area contributed by atoms with E-state index in [-0.39, 0.29) is 60.8 Å². The first-order valence-corrected chi connectivity index (χ1v) is 2.51. The van der Waals surface area contributed by atoms with Gasteiger partial charge in [-0.3, -0.25) is 10.8 Å². The third-order valence-electron chi connectivity index (χ3n) is 1.02. The molecule has 5 N–H and O–H groups in total. The van der Waals surface area contributed by atoms with E-state index in [1.807, 2.05) is 0 Å². The number of rotatable bonds is 0. The van der Waals surface area contributed by atoms with Gasteiger partial charge >= 0.3 is 51.4 Å². The Labute approximate surface area is 109 Å². The molecule has 0 amide bonds. The molecule has 60 valence electrons. The standard InChI is InChI=1S/C3H5N6O2.K/c4-1-7-2(5)9(11)3(6)8(1)10;/h6,10H,(H3,4,5,7);/q-1;+1. The maximum Gasteiger partial charge on any atom is 1.00 e. The molecule has 0 atom stereocenters. The number of nitrogens with two attached hydrogens (primary N) is 1. The number of aromatic nitrogens is 3. The third-order valence-corrected chi connectivity index (χ3v) is 1.02. The van der Waals surface area contributed by atoms with Gasteiger partial charge in [0.2, 0.25) is 17.2 Å². The molecule has 1 aromatic rings. The largest absolute Gasteiger partial charge is 1.00 e. The molecule has 1 aromatic heterocycles. The van der Waals surface area contributed by atoms with Crippen LogP contribution in [0.3, 0.4) is 0 Å². The zero-order valence-electron chi connectivity index (χ0n) is 6.27. The van der Waals surface area contributed by atoms with E-state index in [0.29, 0.717) is 0 Å². The minimum Gasteiger partial charge on any atom is -0.801 e. The summed E-state index contributed by atoms with van der Waals surface area (Å²) in [5.41, 5.74) is 3.43. The van der Waals surface area contributed by atoms with E-state index in [0.717, 1.165) is 0 Å². The Hall–Kier alpha value is -0.354. The number of nitrogens with one attached hydrogen (secondary N) is 2.